The molecule has 0 radical (unpaired) electrons. The van der Waals surface area contributed by atoms with Crippen LogP contribution in [0.1, 0.15) is 28.0 Å². The van der Waals surface area contributed by atoms with Gasteiger partial charge in [0.25, 0.3) is 0 Å². The summed E-state index contributed by atoms with van der Waals surface area (Å²) < 4.78 is 7.15. The zero-order valence-electron chi connectivity index (χ0n) is 12.0. The molecular weight excluding hydrogens is 284 g/mol. The Morgan fingerprint density at radius 2 is 2.24 bits per heavy atom. The minimum atomic E-state index is -0.289. The normalized spacial score (nSPS) is 11.0. The van der Waals surface area contributed by atoms with E-state index in [0.29, 0.717) is 18.8 Å². The molecule has 1 aromatic carbocycles. The molecule has 0 bridgehead atoms. The Labute approximate surface area is 127 Å². The van der Waals surface area contributed by atoms with Crippen molar-refractivity contribution in [1.82, 2.24) is 9.55 Å². The number of esters is 1. The number of rotatable bonds is 4. The van der Waals surface area contributed by atoms with Crippen molar-refractivity contribution in [3.63, 3.8) is 0 Å². The first-order valence-electron chi connectivity index (χ1n) is 6.84. The molecule has 0 aliphatic rings. The molecule has 4 nitrogen and oxygen atoms in total. The maximum atomic E-state index is 12.2. The third kappa shape index (κ3) is 2.69. The summed E-state index contributed by atoms with van der Waals surface area (Å²) in [6.45, 7) is 4.81. The van der Waals surface area contributed by atoms with Crippen LogP contribution in [0.15, 0.2) is 35.8 Å². The van der Waals surface area contributed by atoms with Crippen LogP contribution in [-0.4, -0.2) is 22.1 Å². The van der Waals surface area contributed by atoms with Gasteiger partial charge < -0.3 is 9.30 Å². The SMILES string of the molecule is CCOC(=O)c1cc2cc(C)ccc2n1Cc1nccs1. The van der Waals surface area contributed by atoms with E-state index >= 15 is 0 Å². The molecule has 2 heterocycles. The number of aryl methyl sites for hydroxylation is 1. The Kier molecular flexibility index (Phi) is 3.75. The van der Waals surface area contributed by atoms with Gasteiger partial charge in [0.1, 0.15) is 10.7 Å². The topological polar surface area (TPSA) is 44.1 Å². The molecule has 0 aliphatic heterocycles. The van der Waals surface area contributed by atoms with E-state index in [1.807, 2.05) is 35.9 Å². The van der Waals surface area contributed by atoms with Gasteiger partial charge in [-0.25, -0.2) is 9.78 Å². The van der Waals surface area contributed by atoms with Crippen molar-refractivity contribution in [2.24, 2.45) is 0 Å². The average molecular weight is 300 g/mol. The summed E-state index contributed by atoms with van der Waals surface area (Å²) >= 11 is 1.58. The second-order valence-electron chi connectivity index (χ2n) is 4.82. The van der Waals surface area contributed by atoms with Gasteiger partial charge in [-0.15, -0.1) is 11.3 Å². The van der Waals surface area contributed by atoms with Crippen molar-refractivity contribution in [2.45, 2.75) is 20.4 Å². The molecular formula is C16H16N2O2S. The number of hydrogen-bond donors (Lipinski definition) is 0. The van der Waals surface area contributed by atoms with Gasteiger partial charge in [0.05, 0.1) is 13.2 Å². The van der Waals surface area contributed by atoms with Crippen molar-refractivity contribution in [2.75, 3.05) is 6.61 Å². The fourth-order valence-electron chi connectivity index (χ4n) is 2.40. The second kappa shape index (κ2) is 5.69. The van der Waals surface area contributed by atoms with E-state index in [9.17, 15) is 4.79 Å². The van der Waals surface area contributed by atoms with Crippen LogP contribution in [0, 0.1) is 6.92 Å². The summed E-state index contributed by atoms with van der Waals surface area (Å²) in [4.78, 5) is 16.5. The molecule has 108 valence electrons. The lowest BCUT2D eigenvalue weighted by molar-refractivity contribution is 0.0515. The van der Waals surface area contributed by atoms with E-state index in [-0.39, 0.29) is 5.97 Å². The molecule has 3 rings (SSSR count). The molecule has 2 aromatic heterocycles. The number of benzene rings is 1. The van der Waals surface area contributed by atoms with Gasteiger partial charge in [-0.2, -0.15) is 0 Å². The highest BCUT2D eigenvalue weighted by Crippen LogP contribution is 2.23. The van der Waals surface area contributed by atoms with E-state index < -0.39 is 0 Å². The van der Waals surface area contributed by atoms with Gasteiger partial charge >= 0.3 is 5.97 Å². The second-order valence-corrected chi connectivity index (χ2v) is 5.80. The first kappa shape index (κ1) is 13.8. The van der Waals surface area contributed by atoms with Crippen molar-refractivity contribution < 1.29 is 9.53 Å². The number of ether oxygens (including phenoxy) is 1. The predicted octanol–water partition coefficient (Wildman–Crippen LogP) is 3.63. The van der Waals surface area contributed by atoms with Gasteiger partial charge in [-0.1, -0.05) is 11.6 Å². The molecule has 0 saturated heterocycles. The standard InChI is InChI=1S/C16H16N2O2S/c1-3-20-16(19)14-9-12-8-11(2)4-5-13(12)18(14)10-15-17-6-7-21-15/h4-9H,3,10H2,1-2H3. The lowest BCUT2D eigenvalue weighted by Gasteiger charge is -2.08. The maximum Gasteiger partial charge on any atom is 0.354 e. The lowest BCUT2D eigenvalue weighted by atomic mass is 10.2. The fraction of sp³-hybridized carbons (Fsp3) is 0.250. The number of thiazole rings is 1. The Balaban J connectivity index is 2.12. The molecule has 0 amide bonds. The zero-order valence-corrected chi connectivity index (χ0v) is 12.8. The van der Waals surface area contributed by atoms with Gasteiger partial charge in [0, 0.05) is 22.5 Å². The highest BCUT2D eigenvalue weighted by Gasteiger charge is 2.17. The highest BCUT2D eigenvalue weighted by molar-refractivity contribution is 7.09. The maximum absolute atomic E-state index is 12.2. The Morgan fingerprint density at radius 1 is 1.38 bits per heavy atom. The van der Waals surface area contributed by atoms with Crippen molar-refractivity contribution >= 4 is 28.2 Å². The van der Waals surface area contributed by atoms with Gasteiger partial charge in [0.2, 0.25) is 0 Å². The van der Waals surface area contributed by atoms with E-state index in [1.54, 1.807) is 17.5 Å². The van der Waals surface area contributed by atoms with E-state index in [1.165, 1.54) is 5.56 Å². The molecule has 0 spiro atoms. The molecule has 0 saturated carbocycles. The van der Waals surface area contributed by atoms with Crippen LogP contribution in [0.2, 0.25) is 0 Å². The predicted molar refractivity (Wildman–Crippen MR) is 83.8 cm³/mol. The Bertz CT molecular complexity index is 775. The van der Waals surface area contributed by atoms with Crippen LogP contribution in [0.25, 0.3) is 10.9 Å². The minimum absolute atomic E-state index is 0.289. The Hall–Kier alpha value is -2.14. The molecule has 3 aromatic rings. The summed E-state index contributed by atoms with van der Waals surface area (Å²) in [5.41, 5.74) is 2.77. The molecule has 0 N–H and O–H groups in total. The summed E-state index contributed by atoms with van der Waals surface area (Å²) in [7, 11) is 0. The number of carbonyl (C=O) groups is 1. The Morgan fingerprint density at radius 3 is 2.95 bits per heavy atom. The third-order valence-corrected chi connectivity index (χ3v) is 4.08. The lowest BCUT2D eigenvalue weighted by Crippen LogP contribution is -2.12. The molecule has 5 heteroatoms. The summed E-state index contributed by atoms with van der Waals surface area (Å²) in [6, 6.07) is 8.07. The van der Waals surface area contributed by atoms with Crippen LogP contribution in [-0.2, 0) is 11.3 Å². The summed E-state index contributed by atoms with van der Waals surface area (Å²) in [5, 5.41) is 3.96. The zero-order chi connectivity index (χ0) is 14.8. The van der Waals surface area contributed by atoms with E-state index in [0.717, 1.165) is 15.9 Å². The molecule has 0 unspecified atom stereocenters. The number of nitrogens with zero attached hydrogens (tertiary/aromatic N) is 2. The first-order valence-corrected chi connectivity index (χ1v) is 7.72. The molecule has 0 fully saturated rings. The van der Waals surface area contributed by atoms with Crippen molar-refractivity contribution in [1.29, 1.82) is 0 Å². The van der Waals surface area contributed by atoms with Gasteiger partial charge in [0.15, 0.2) is 0 Å². The van der Waals surface area contributed by atoms with Crippen molar-refractivity contribution in [3.8, 4) is 0 Å². The average Bonchev–Trinajstić information content (AvgIpc) is 3.07. The number of fused-ring (bicyclic) bond motifs is 1. The van der Waals surface area contributed by atoms with Gasteiger partial charge in [-0.05, 0) is 32.0 Å². The number of hydrogen-bond acceptors (Lipinski definition) is 4. The quantitative estimate of drug-likeness (QED) is 0.691. The molecule has 0 atom stereocenters. The van der Waals surface area contributed by atoms with Gasteiger partial charge in [-0.3, -0.25) is 0 Å². The van der Waals surface area contributed by atoms with Crippen LogP contribution in [0.5, 0.6) is 0 Å². The highest BCUT2D eigenvalue weighted by atomic mass is 32.1. The summed E-state index contributed by atoms with van der Waals surface area (Å²) in [6.07, 6.45) is 1.78. The fourth-order valence-corrected chi connectivity index (χ4v) is 3.01. The third-order valence-electron chi connectivity index (χ3n) is 3.32. The van der Waals surface area contributed by atoms with Crippen LogP contribution in [0.3, 0.4) is 0 Å². The smallest absolute Gasteiger partial charge is 0.354 e. The van der Waals surface area contributed by atoms with Crippen molar-refractivity contribution in [3.05, 3.63) is 52.1 Å². The molecule has 0 aliphatic carbocycles. The minimum Gasteiger partial charge on any atom is -0.461 e. The first-order chi connectivity index (χ1) is 10.2. The summed E-state index contributed by atoms with van der Waals surface area (Å²) in [5.74, 6) is -0.289. The van der Waals surface area contributed by atoms with Crippen LogP contribution < -0.4 is 0 Å². The largest absolute Gasteiger partial charge is 0.461 e. The molecule has 21 heavy (non-hydrogen) atoms. The van der Waals surface area contributed by atoms with Crippen LogP contribution in [0.4, 0.5) is 0 Å². The van der Waals surface area contributed by atoms with E-state index in [4.69, 9.17) is 4.74 Å². The van der Waals surface area contributed by atoms with E-state index in [2.05, 4.69) is 17.1 Å². The number of aromatic nitrogens is 2. The van der Waals surface area contributed by atoms with Crippen LogP contribution >= 0.6 is 11.3 Å². The number of carbonyl (C=O) groups excluding carboxylic acids is 1. The monoisotopic (exact) mass is 300 g/mol.